The highest BCUT2D eigenvalue weighted by Crippen LogP contribution is 2.12. The summed E-state index contributed by atoms with van der Waals surface area (Å²) in [4.78, 5) is 13.8. The molecule has 0 unspecified atom stereocenters. The van der Waals surface area contributed by atoms with Gasteiger partial charge >= 0.3 is 0 Å². The largest absolute Gasteiger partial charge is 0.378 e. The zero-order valence-corrected chi connectivity index (χ0v) is 12.6. The molecule has 0 spiro atoms. The maximum Gasteiger partial charge on any atom is 0.251 e. The molecule has 0 aliphatic carbocycles. The van der Waals surface area contributed by atoms with E-state index in [4.69, 9.17) is 0 Å². The maximum atomic E-state index is 13.1. The summed E-state index contributed by atoms with van der Waals surface area (Å²) in [6.45, 7) is 0.430. The van der Waals surface area contributed by atoms with E-state index in [1.807, 2.05) is 43.3 Å². The van der Waals surface area contributed by atoms with Gasteiger partial charge in [-0.05, 0) is 42.3 Å². The normalized spacial score (nSPS) is 10.4. The van der Waals surface area contributed by atoms with E-state index < -0.39 is 17.5 Å². The summed E-state index contributed by atoms with van der Waals surface area (Å²) < 4.78 is 25.9. The molecule has 0 fully saturated rings. The van der Waals surface area contributed by atoms with Crippen molar-refractivity contribution in [2.75, 3.05) is 25.5 Å². The number of carbonyl (C=O) groups is 1. The van der Waals surface area contributed by atoms with Gasteiger partial charge in [0.1, 0.15) is 0 Å². The molecule has 22 heavy (non-hydrogen) atoms. The van der Waals surface area contributed by atoms with Crippen LogP contribution in [0.4, 0.5) is 14.5 Å². The molecule has 3 nitrogen and oxygen atoms in total. The van der Waals surface area contributed by atoms with Gasteiger partial charge in [0.25, 0.3) is 5.91 Å². The van der Waals surface area contributed by atoms with E-state index in [-0.39, 0.29) is 5.56 Å². The van der Waals surface area contributed by atoms with Crippen molar-refractivity contribution in [3.05, 3.63) is 65.2 Å². The Labute approximate surface area is 128 Å². The van der Waals surface area contributed by atoms with Gasteiger partial charge in [-0.1, -0.05) is 12.1 Å². The molecule has 5 heteroatoms. The highest BCUT2D eigenvalue weighted by Gasteiger charge is 2.09. The molecular weight excluding hydrogens is 286 g/mol. The average Bonchev–Trinajstić information content (AvgIpc) is 2.50. The Bertz CT molecular complexity index is 654. The van der Waals surface area contributed by atoms with E-state index in [1.165, 1.54) is 6.07 Å². The maximum absolute atomic E-state index is 13.1. The van der Waals surface area contributed by atoms with E-state index in [0.29, 0.717) is 13.0 Å². The van der Waals surface area contributed by atoms with Crippen LogP contribution in [0.25, 0.3) is 0 Å². The lowest BCUT2D eigenvalue weighted by molar-refractivity contribution is 0.0953. The number of carbonyl (C=O) groups excluding carboxylic acids is 1. The number of anilines is 1. The number of hydrogen-bond donors (Lipinski definition) is 1. The van der Waals surface area contributed by atoms with Crippen molar-refractivity contribution in [2.45, 2.75) is 6.42 Å². The van der Waals surface area contributed by atoms with E-state index >= 15 is 0 Å². The monoisotopic (exact) mass is 304 g/mol. The van der Waals surface area contributed by atoms with E-state index in [9.17, 15) is 13.6 Å². The second-order valence-electron chi connectivity index (χ2n) is 5.20. The van der Waals surface area contributed by atoms with Crippen LogP contribution in [0, 0.1) is 11.6 Å². The molecule has 1 N–H and O–H groups in total. The van der Waals surface area contributed by atoms with Gasteiger partial charge in [0, 0.05) is 31.9 Å². The number of amides is 1. The van der Waals surface area contributed by atoms with Crippen LogP contribution < -0.4 is 10.2 Å². The lowest BCUT2D eigenvalue weighted by atomic mass is 10.1. The number of halogens is 2. The van der Waals surface area contributed by atoms with Crippen LogP contribution in [0.15, 0.2) is 42.5 Å². The van der Waals surface area contributed by atoms with Crippen LogP contribution in [0.3, 0.4) is 0 Å². The quantitative estimate of drug-likeness (QED) is 0.921. The van der Waals surface area contributed by atoms with Crippen LogP contribution in [0.2, 0.25) is 0 Å². The fraction of sp³-hybridized carbons (Fsp3) is 0.235. The number of nitrogens with one attached hydrogen (secondary N) is 1. The fourth-order valence-electron chi connectivity index (χ4n) is 2.02. The third-order valence-electron chi connectivity index (χ3n) is 3.33. The fourth-order valence-corrected chi connectivity index (χ4v) is 2.02. The summed E-state index contributed by atoms with van der Waals surface area (Å²) >= 11 is 0. The molecule has 2 aromatic rings. The Balaban J connectivity index is 1.87. The van der Waals surface area contributed by atoms with Gasteiger partial charge in [-0.2, -0.15) is 0 Å². The van der Waals surface area contributed by atoms with Crippen molar-refractivity contribution in [1.82, 2.24) is 5.32 Å². The molecule has 0 saturated carbocycles. The number of rotatable bonds is 5. The summed E-state index contributed by atoms with van der Waals surface area (Å²) in [5, 5.41) is 2.69. The first-order chi connectivity index (χ1) is 10.5. The SMILES string of the molecule is CN(C)c1ccc(CCNC(=O)c2ccc(F)c(F)c2)cc1. The van der Waals surface area contributed by atoms with Crippen molar-refractivity contribution in [3.63, 3.8) is 0 Å². The summed E-state index contributed by atoms with van der Waals surface area (Å²) in [6.07, 6.45) is 0.670. The van der Waals surface area contributed by atoms with Gasteiger partial charge in [0.05, 0.1) is 0 Å². The van der Waals surface area contributed by atoms with Gasteiger partial charge in [-0.25, -0.2) is 8.78 Å². The van der Waals surface area contributed by atoms with E-state index in [1.54, 1.807) is 0 Å². The Kier molecular flexibility index (Phi) is 5.09. The molecular formula is C17H18F2N2O. The van der Waals surface area contributed by atoms with Crippen LogP contribution in [0.5, 0.6) is 0 Å². The third kappa shape index (κ3) is 4.04. The molecule has 0 bridgehead atoms. The number of nitrogens with zero attached hydrogens (tertiary/aromatic N) is 1. The van der Waals surface area contributed by atoms with Crippen LogP contribution >= 0.6 is 0 Å². The predicted octanol–water partition coefficient (Wildman–Crippen LogP) is 3.00. The van der Waals surface area contributed by atoms with Crippen molar-refractivity contribution >= 4 is 11.6 Å². The first-order valence-corrected chi connectivity index (χ1v) is 6.97. The number of hydrogen-bond acceptors (Lipinski definition) is 2. The summed E-state index contributed by atoms with van der Waals surface area (Å²) in [5.74, 6) is -2.40. The minimum atomic E-state index is -1.02. The van der Waals surface area contributed by atoms with Gasteiger partial charge < -0.3 is 10.2 Å². The molecule has 0 saturated heterocycles. The van der Waals surface area contributed by atoms with Crippen molar-refractivity contribution in [3.8, 4) is 0 Å². The van der Waals surface area contributed by atoms with E-state index in [0.717, 1.165) is 23.4 Å². The average molecular weight is 304 g/mol. The first-order valence-electron chi connectivity index (χ1n) is 6.97. The second kappa shape index (κ2) is 7.02. The first kappa shape index (κ1) is 15.9. The second-order valence-corrected chi connectivity index (χ2v) is 5.20. The Morgan fingerprint density at radius 2 is 1.73 bits per heavy atom. The number of benzene rings is 2. The Hall–Kier alpha value is -2.43. The molecule has 0 aliphatic rings. The van der Waals surface area contributed by atoms with Crippen molar-refractivity contribution < 1.29 is 13.6 Å². The van der Waals surface area contributed by atoms with Crippen molar-refractivity contribution in [2.24, 2.45) is 0 Å². The Morgan fingerprint density at radius 3 is 2.32 bits per heavy atom. The van der Waals surface area contributed by atoms with Crippen LogP contribution in [-0.4, -0.2) is 26.5 Å². The highest BCUT2D eigenvalue weighted by atomic mass is 19.2. The molecule has 1 amide bonds. The molecule has 0 aliphatic heterocycles. The summed E-state index contributed by atoms with van der Waals surface area (Å²) in [5.41, 5.74) is 2.31. The van der Waals surface area contributed by atoms with Crippen LogP contribution in [-0.2, 0) is 6.42 Å². The van der Waals surface area contributed by atoms with Gasteiger partial charge in [0.15, 0.2) is 11.6 Å². The van der Waals surface area contributed by atoms with Gasteiger partial charge in [0.2, 0.25) is 0 Å². The molecule has 0 aromatic heterocycles. The highest BCUT2D eigenvalue weighted by molar-refractivity contribution is 5.94. The lowest BCUT2D eigenvalue weighted by Gasteiger charge is -2.12. The van der Waals surface area contributed by atoms with Crippen molar-refractivity contribution in [1.29, 1.82) is 0 Å². The third-order valence-corrected chi connectivity index (χ3v) is 3.33. The smallest absolute Gasteiger partial charge is 0.251 e. The predicted molar refractivity (Wildman–Crippen MR) is 83.2 cm³/mol. The molecule has 0 radical (unpaired) electrons. The standard InChI is InChI=1S/C17H18F2N2O/c1-21(2)14-6-3-12(4-7-14)9-10-20-17(22)13-5-8-15(18)16(19)11-13/h3-8,11H,9-10H2,1-2H3,(H,20,22). The van der Waals surface area contributed by atoms with Crippen LogP contribution in [0.1, 0.15) is 15.9 Å². The zero-order valence-electron chi connectivity index (χ0n) is 12.6. The van der Waals surface area contributed by atoms with Gasteiger partial charge in [-0.3, -0.25) is 4.79 Å². The topological polar surface area (TPSA) is 32.3 Å². The molecule has 0 atom stereocenters. The Morgan fingerprint density at radius 1 is 1.05 bits per heavy atom. The van der Waals surface area contributed by atoms with E-state index in [2.05, 4.69) is 5.32 Å². The lowest BCUT2D eigenvalue weighted by Crippen LogP contribution is -2.25. The minimum absolute atomic E-state index is 0.113. The zero-order chi connectivity index (χ0) is 16.1. The van der Waals surface area contributed by atoms with Gasteiger partial charge in [-0.15, -0.1) is 0 Å². The molecule has 2 aromatic carbocycles. The molecule has 0 heterocycles. The summed E-state index contributed by atoms with van der Waals surface area (Å²) in [6, 6.07) is 11.1. The molecule has 2 rings (SSSR count). The minimum Gasteiger partial charge on any atom is -0.378 e. The molecule has 116 valence electrons. The summed E-state index contributed by atoms with van der Waals surface area (Å²) in [7, 11) is 3.94.